The molecule has 6 nitrogen and oxygen atoms in total. The number of hydrogen-bond acceptors (Lipinski definition) is 4. The van der Waals surface area contributed by atoms with Crippen molar-refractivity contribution in [1.29, 1.82) is 0 Å². The summed E-state index contributed by atoms with van der Waals surface area (Å²) in [6.07, 6.45) is 0. The molecule has 2 rings (SSSR count). The number of anilines is 2. The van der Waals surface area contributed by atoms with E-state index < -0.39 is 21.7 Å². The monoisotopic (exact) mass is 365 g/mol. The van der Waals surface area contributed by atoms with Crippen molar-refractivity contribution in [3.8, 4) is 0 Å². The van der Waals surface area contributed by atoms with Gasteiger partial charge in [0.15, 0.2) is 0 Å². The molecule has 0 aliphatic rings. The van der Waals surface area contributed by atoms with Gasteiger partial charge in [-0.1, -0.05) is 6.07 Å². The summed E-state index contributed by atoms with van der Waals surface area (Å²) in [5, 5.41) is 2.66. The molecule has 2 aromatic rings. The topological polar surface area (TPSA) is 69.7 Å². The van der Waals surface area contributed by atoms with E-state index in [0.717, 1.165) is 10.4 Å². The van der Waals surface area contributed by atoms with E-state index in [-0.39, 0.29) is 10.5 Å². The van der Waals surface area contributed by atoms with E-state index in [9.17, 15) is 17.6 Å². The summed E-state index contributed by atoms with van der Waals surface area (Å²) in [6.45, 7) is 0. The summed E-state index contributed by atoms with van der Waals surface area (Å²) in [5.74, 6) is -1.05. The second-order valence-electron chi connectivity index (χ2n) is 5.83. The van der Waals surface area contributed by atoms with E-state index in [1.54, 1.807) is 25.1 Å². The normalized spacial score (nSPS) is 11.4. The Morgan fingerprint density at radius 1 is 1.04 bits per heavy atom. The van der Waals surface area contributed by atoms with Crippen LogP contribution in [0.25, 0.3) is 0 Å². The molecule has 0 heterocycles. The van der Waals surface area contributed by atoms with Gasteiger partial charge in [-0.2, -0.15) is 0 Å². The van der Waals surface area contributed by atoms with Gasteiger partial charge < -0.3 is 10.2 Å². The van der Waals surface area contributed by atoms with E-state index in [1.807, 2.05) is 0 Å². The first kappa shape index (κ1) is 18.9. The van der Waals surface area contributed by atoms with Crippen LogP contribution in [-0.2, 0) is 10.0 Å². The van der Waals surface area contributed by atoms with Crippen molar-refractivity contribution in [1.82, 2.24) is 4.31 Å². The lowest BCUT2D eigenvalue weighted by molar-refractivity contribution is 0.102. The van der Waals surface area contributed by atoms with Crippen LogP contribution in [0.5, 0.6) is 0 Å². The van der Waals surface area contributed by atoms with Crippen LogP contribution in [0.15, 0.2) is 47.4 Å². The molecule has 0 aliphatic heterocycles. The van der Waals surface area contributed by atoms with Crippen molar-refractivity contribution in [2.45, 2.75) is 4.90 Å². The average molecular weight is 365 g/mol. The van der Waals surface area contributed by atoms with Crippen LogP contribution in [0.4, 0.5) is 15.8 Å². The summed E-state index contributed by atoms with van der Waals surface area (Å²) >= 11 is 0. The van der Waals surface area contributed by atoms with Crippen molar-refractivity contribution in [3.63, 3.8) is 0 Å². The maximum absolute atomic E-state index is 13.3. The second kappa shape index (κ2) is 7.20. The average Bonchev–Trinajstić information content (AvgIpc) is 2.54. The molecule has 134 valence electrons. The Morgan fingerprint density at radius 3 is 2.28 bits per heavy atom. The predicted molar refractivity (Wildman–Crippen MR) is 96.0 cm³/mol. The molecule has 0 aromatic heterocycles. The number of nitrogens with one attached hydrogen (secondary N) is 1. The Kier molecular flexibility index (Phi) is 5.44. The summed E-state index contributed by atoms with van der Waals surface area (Å²) in [5.41, 5.74) is 1.09. The fourth-order valence-electron chi connectivity index (χ4n) is 2.20. The third kappa shape index (κ3) is 4.15. The molecule has 25 heavy (non-hydrogen) atoms. The molecule has 0 fully saturated rings. The Morgan fingerprint density at radius 2 is 1.72 bits per heavy atom. The van der Waals surface area contributed by atoms with E-state index in [1.165, 1.54) is 44.4 Å². The first-order valence-electron chi connectivity index (χ1n) is 7.44. The molecule has 0 unspecified atom stereocenters. The van der Waals surface area contributed by atoms with Crippen LogP contribution in [0.3, 0.4) is 0 Å². The van der Waals surface area contributed by atoms with Crippen molar-refractivity contribution >= 4 is 27.3 Å². The molecule has 0 atom stereocenters. The van der Waals surface area contributed by atoms with Crippen molar-refractivity contribution < 1.29 is 17.6 Å². The fourth-order valence-corrected chi connectivity index (χ4v) is 3.13. The highest BCUT2D eigenvalue weighted by molar-refractivity contribution is 7.89. The molecule has 0 saturated heterocycles. The predicted octanol–water partition coefficient (Wildman–Crippen LogP) is 2.39. The first-order valence-corrected chi connectivity index (χ1v) is 8.88. The smallest absolute Gasteiger partial charge is 0.255 e. The third-order valence-corrected chi connectivity index (χ3v) is 5.37. The lowest BCUT2D eigenvalue weighted by atomic mass is 10.2. The molecule has 8 heteroatoms. The van der Waals surface area contributed by atoms with Crippen LogP contribution in [-0.4, -0.2) is 46.8 Å². The quantitative estimate of drug-likeness (QED) is 0.883. The highest BCUT2D eigenvalue weighted by Gasteiger charge is 2.20. The van der Waals surface area contributed by atoms with Crippen LogP contribution in [0.2, 0.25) is 0 Å². The number of hydrogen-bond donors (Lipinski definition) is 1. The zero-order valence-electron chi connectivity index (χ0n) is 14.4. The molecule has 0 radical (unpaired) electrons. The number of carbonyl (C=O) groups excluding carboxylic acids is 1. The molecule has 1 amide bonds. The van der Waals surface area contributed by atoms with Crippen LogP contribution < -0.4 is 10.2 Å². The molecular formula is C17H20FN3O3S. The highest BCUT2D eigenvalue weighted by Crippen LogP contribution is 2.29. The number of sulfonamides is 1. The first-order chi connectivity index (χ1) is 11.6. The van der Waals surface area contributed by atoms with E-state index in [4.69, 9.17) is 0 Å². The van der Waals surface area contributed by atoms with Crippen molar-refractivity contribution in [2.75, 3.05) is 38.4 Å². The van der Waals surface area contributed by atoms with Gasteiger partial charge in [0.05, 0.1) is 16.3 Å². The van der Waals surface area contributed by atoms with Gasteiger partial charge in [0.25, 0.3) is 5.91 Å². The number of nitrogens with zero attached hydrogens (tertiary/aromatic N) is 2. The standard InChI is InChI=1S/C17H20FN3O3S/c1-20(2)16-9-8-14(25(23,24)21(3)4)11-15(16)19-17(22)12-6-5-7-13(18)10-12/h5-11H,1-4H3,(H,19,22). The lowest BCUT2D eigenvalue weighted by Gasteiger charge is -2.20. The van der Waals surface area contributed by atoms with Crippen LogP contribution in [0.1, 0.15) is 10.4 Å². The lowest BCUT2D eigenvalue weighted by Crippen LogP contribution is -2.23. The molecule has 0 spiro atoms. The zero-order valence-corrected chi connectivity index (χ0v) is 15.3. The Hall–Kier alpha value is -2.45. The summed E-state index contributed by atoms with van der Waals surface area (Å²) in [4.78, 5) is 14.2. The fraction of sp³-hybridized carbons (Fsp3) is 0.235. The van der Waals surface area contributed by atoms with Gasteiger partial charge in [0.1, 0.15) is 5.82 Å². The minimum Gasteiger partial charge on any atom is -0.376 e. The van der Waals surface area contributed by atoms with Gasteiger partial charge in [0, 0.05) is 33.8 Å². The molecule has 0 aliphatic carbocycles. The minimum atomic E-state index is -3.65. The maximum atomic E-state index is 13.3. The van der Waals surface area contributed by atoms with Crippen molar-refractivity contribution in [2.24, 2.45) is 0 Å². The molecule has 1 N–H and O–H groups in total. The Balaban J connectivity index is 2.45. The van der Waals surface area contributed by atoms with E-state index >= 15 is 0 Å². The number of carbonyl (C=O) groups is 1. The zero-order chi connectivity index (χ0) is 18.8. The van der Waals surface area contributed by atoms with Gasteiger partial charge in [-0.05, 0) is 36.4 Å². The van der Waals surface area contributed by atoms with Gasteiger partial charge in [0.2, 0.25) is 10.0 Å². The van der Waals surface area contributed by atoms with Gasteiger partial charge >= 0.3 is 0 Å². The van der Waals surface area contributed by atoms with Crippen LogP contribution >= 0.6 is 0 Å². The Bertz CT molecular complexity index is 896. The number of rotatable bonds is 5. The van der Waals surface area contributed by atoms with Crippen LogP contribution in [0, 0.1) is 5.82 Å². The minimum absolute atomic E-state index is 0.0534. The van der Waals surface area contributed by atoms with E-state index in [0.29, 0.717) is 11.4 Å². The molecular weight excluding hydrogens is 345 g/mol. The molecule has 2 aromatic carbocycles. The maximum Gasteiger partial charge on any atom is 0.255 e. The Labute approximate surface area is 146 Å². The molecule has 0 bridgehead atoms. The number of benzene rings is 2. The SMILES string of the molecule is CN(C)c1ccc(S(=O)(=O)N(C)C)cc1NC(=O)c1cccc(F)c1. The summed E-state index contributed by atoms with van der Waals surface area (Å²) in [6, 6.07) is 9.75. The van der Waals surface area contributed by atoms with E-state index in [2.05, 4.69) is 5.32 Å². The second-order valence-corrected chi connectivity index (χ2v) is 7.98. The van der Waals surface area contributed by atoms with Gasteiger partial charge in [-0.15, -0.1) is 0 Å². The number of amides is 1. The van der Waals surface area contributed by atoms with Gasteiger partial charge in [-0.3, -0.25) is 4.79 Å². The van der Waals surface area contributed by atoms with Crippen molar-refractivity contribution in [3.05, 3.63) is 53.8 Å². The largest absolute Gasteiger partial charge is 0.376 e. The highest BCUT2D eigenvalue weighted by atomic mass is 32.2. The van der Waals surface area contributed by atoms with Gasteiger partial charge in [-0.25, -0.2) is 17.1 Å². The number of halogens is 1. The summed E-state index contributed by atoms with van der Waals surface area (Å²) < 4.78 is 39.0. The third-order valence-electron chi connectivity index (χ3n) is 3.56. The summed E-state index contributed by atoms with van der Waals surface area (Å²) in [7, 11) is 2.76. The molecule has 0 saturated carbocycles.